The van der Waals surface area contributed by atoms with Crippen LogP contribution in [0.15, 0.2) is 42.5 Å². The van der Waals surface area contributed by atoms with Crippen LogP contribution in [-0.2, 0) is 6.54 Å². The van der Waals surface area contributed by atoms with Crippen LogP contribution in [0, 0.1) is 0 Å². The molecule has 4 heteroatoms. The molecule has 1 atom stereocenters. The number of rotatable bonds is 5. The molecule has 0 amide bonds. The van der Waals surface area contributed by atoms with E-state index in [-0.39, 0.29) is 11.8 Å². The second-order valence-electron chi connectivity index (χ2n) is 4.63. The third-order valence-corrected chi connectivity index (χ3v) is 3.57. The van der Waals surface area contributed by atoms with Gasteiger partial charge in [0.25, 0.3) is 0 Å². The molecule has 3 nitrogen and oxygen atoms in total. The molecule has 2 N–H and O–H groups in total. The first-order valence-corrected chi connectivity index (χ1v) is 6.83. The fourth-order valence-corrected chi connectivity index (χ4v) is 2.35. The first kappa shape index (κ1) is 14.7. The highest BCUT2D eigenvalue weighted by Gasteiger charge is 2.09. The normalized spacial score (nSPS) is 12.2. The predicted molar refractivity (Wildman–Crippen MR) is 81.4 cm³/mol. The molecule has 0 saturated carbocycles. The van der Waals surface area contributed by atoms with E-state index in [4.69, 9.17) is 16.3 Å². The summed E-state index contributed by atoms with van der Waals surface area (Å²) >= 11 is 6.17. The summed E-state index contributed by atoms with van der Waals surface area (Å²) in [6.07, 6.45) is 0. The molecule has 0 radical (unpaired) electrons. The molecule has 0 aliphatic rings. The molecule has 0 spiro atoms. The summed E-state index contributed by atoms with van der Waals surface area (Å²) in [6, 6.07) is 13.3. The summed E-state index contributed by atoms with van der Waals surface area (Å²) < 4.78 is 5.02. The summed E-state index contributed by atoms with van der Waals surface area (Å²) in [4.78, 5) is 0. The van der Waals surface area contributed by atoms with Crippen LogP contribution in [0.5, 0.6) is 11.5 Å². The fourth-order valence-electron chi connectivity index (χ4n) is 2.05. The summed E-state index contributed by atoms with van der Waals surface area (Å²) in [5.74, 6) is 0.630. The van der Waals surface area contributed by atoms with Gasteiger partial charge in [0, 0.05) is 17.6 Å². The molecule has 0 aliphatic carbocycles. The van der Waals surface area contributed by atoms with Crippen molar-refractivity contribution >= 4 is 11.6 Å². The van der Waals surface area contributed by atoms with E-state index in [1.54, 1.807) is 12.1 Å². The summed E-state index contributed by atoms with van der Waals surface area (Å²) in [7, 11) is 1.53. The van der Waals surface area contributed by atoms with Crippen LogP contribution in [0.25, 0.3) is 0 Å². The first-order valence-electron chi connectivity index (χ1n) is 6.45. The van der Waals surface area contributed by atoms with Crippen molar-refractivity contribution in [2.24, 2.45) is 0 Å². The Morgan fingerprint density at radius 3 is 2.65 bits per heavy atom. The molecular weight excluding hydrogens is 274 g/mol. The zero-order valence-electron chi connectivity index (χ0n) is 11.6. The number of benzene rings is 2. The van der Waals surface area contributed by atoms with Crippen LogP contribution in [0.3, 0.4) is 0 Å². The predicted octanol–water partition coefficient (Wildman–Crippen LogP) is 3.91. The van der Waals surface area contributed by atoms with Crippen molar-refractivity contribution in [3.05, 3.63) is 58.6 Å². The van der Waals surface area contributed by atoms with Crippen molar-refractivity contribution in [1.82, 2.24) is 5.32 Å². The second-order valence-corrected chi connectivity index (χ2v) is 5.04. The Labute approximate surface area is 124 Å². The Morgan fingerprint density at radius 1 is 1.25 bits per heavy atom. The Kier molecular flexibility index (Phi) is 4.88. The van der Waals surface area contributed by atoms with Gasteiger partial charge in [-0.25, -0.2) is 0 Å². The molecule has 0 saturated heterocycles. The standard InChI is InChI=1S/C16H18ClNO2/c1-11(13-5-3-4-6-14(13)17)18-10-12-7-8-16(20-2)15(19)9-12/h3-9,11,18-19H,10H2,1-2H3/t11-/m0/s1. The first-order chi connectivity index (χ1) is 9.61. The van der Waals surface area contributed by atoms with Gasteiger partial charge in [-0.3, -0.25) is 0 Å². The molecule has 0 aliphatic heterocycles. The van der Waals surface area contributed by atoms with Gasteiger partial charge >= 0.3 is 0 Å². The molecular formula is C16H18ClNO2. The number of phenolic OH excluding ortho intramolecular Hbond substituents is 1. The van der Waals surface area contributed by atoms with Crippen molar-refractivity contribution in [3.8, 4) is 11.5 Å². The van der Waals surface area contributed by atoms with Crippen molar-refractivity contribution in [1.29, 1.82) is 0 Å². The minimum Gasteiger partial charge on any atom is -0.504 e. The number of hydrogen-bond acceptors (Lipinski definition) is 3. The Morgan fingerprint density at radius 2 is 2.00 bits per heavy atom. The molecule has 20 heavy (non-hydrogen) atoms. The van der Waals surface area contributed by atoms with Crippen LogP contribution in [0.2, 0.25) is 5.02 Å². The molecule has 0 bridgehead atoms. The lowest BCUT2D eigenvalue weighted by Crippen LogP contribution is -2.18. The Hall–Kier alpha value is -1.71. The number of aromatic hydroxyl groups is 1. The molecule has 0 fully saturated rings. The lowest BCUT2D eigenvalue weighted by Gasteiger charge is -2.16. The van der Waals surface area contributed by atoms with Gasteiger partial charge in [0.15, 0.2) is 11.5 Å². The van der Waals surface area contributed by atoms with E-state index in [2.05, 4.69) is 12.2 Å². The van der Waals surface area contributed by atoms with Crippen LogP contribution in [-0.4, -0.2) is 12.2 Å². The lowest BCUT2D eigenvalue weighted by atomic mass is 10.1. The maximum Gasteiger partial charge on any atom is 0.160 e. The topological polar surface area (TPSA) is 41.5 Å². The highest BCUT2D eigenvalue weighted by Crippen LogP contribution is 2.27. The third-order valence-electron chi connectivity index (χ3n) is 3.23. The monoisotopic (exact) mass is 291 g/mol. The van der Waals surface area contributed by atoms with Gasteiger partial charge in [0.2, 0.25) is 0 Å². The van der Waals surface area contributed by atoms with Gasteiger partial charge in [-0.1, -0.05) is 35.9 Å². The average molecular weight is 292 g/mol. The third kappa shape index (κ3) is 3.44. The van der Waals surface area contributed by atoms with Gasteiger partial charge in [-0.15, -0.1) is 0 Å². The molecule has 2 rings (SSSR count). The number of phenols is 1. The fraction of sp³-hybridized carbons (Fsp3) is 0.250. The van der Waals surface area contributed by atoms with E-state index in [0.29, 0.717) is 12.3 Å². The highest BCUT2D eigenvalue weighted by molar-refractivity contribution is 6.31. The maximum atomic E-state index is 9.74. The number of nitrogens with one attached hydrogen (secondary N) is 1. The van der Waals surface area contributed by atoms with E-state index in [1.807, 2.05) is 30.3 Å². The van der Waals surface area contributed by atoms with Crippen LogP contribution < -0.4 is 10.1 Å². The highest BCUT2D eigenvalue weighted by atomic mass is 35.5. The summed E-state index contributed by atoms with van der Waals surface area (Å²) in [6.45, 7) is 2.70. The quantitative estimate of drug-likeness (QED) is 0.878. The van der Waals surface area contributed by atoms with Gasteiger partial charge in [0.05, 0.1) is 7.11 Å². The molecule has 0 aromatic heterocycles. The van der Waals surface area contributed by atoms with Crippen molar-refractivity contribution in [2.45, 2.75) is 19.5 Å². The zero-order chi connectivity index (χ0) is 14.5. The molecule has 2 aromatic rings. The van der Waals surface area contributed by atoms with Crippen molar-refractivity contribution in [3.63, 3.8) is 0 Å². The van der Waals surface area contributed by atoms with E-state index in [0.717, 1.165) is 16.1 Å². The van der Waals surface area contributed by atoms with E-state index >= 15 is 0 Å². The van der Waals surface area contributed by atoms with Gasteiger partial charge < -0.3 is 15.2 Å². The molecule has 0 heterocycles. The summed E-state index contributed by atoms with van der Waals surface area (Å²) in [5.41, 5.74) is 2.05. The number of ether oxygens (including phenoxy) is 1. The average Bonchev–Trinajstić information content (AvgIpc) is 2.45. The van der Waals surface area contributed by atoms with E-state index < -0.39 is 0 Å². The van der Waals surface area contributed by atoms with Crippen LogP contribution in [0.1, 0.15) is 24.1 Å². The Balaban J connectivity index is 2.02. The lowest BCUT2D eigenvalue weighted by molar-refractivity contribution is 0.373. The molecule has 2 aromatic carbocycles. The Bertz CT molecular complexity index is 586. The van der Waals surface area contributed by atoms with Gasteiger partial charge in [0.1, 0.15) is 0 Å². The van der Waals surface area contributed by atoms with E-state index in [9.17, 15) is 5.11 Å². The molecule has 106 valence electrons. The second kappa shape index (κ2) is 6.64. The van der Waals surface area contributed by atoms with Gasteiger partial charge in [-0.2, -0.15) is 0 Å². The van der Waals surface area contributed by atoms with E-state index in [1.165, 1.54) is 7.11 Å². The minimum absolute atomic E-state index is 0.132. The zero-order valence-corrected chi connectivity index (χ0v) is 12.3. The number of hydrogen-bond donors (Lipinski definition) is 2. The van der Waals surface area contributed by atoms with Crippen LogP contribution in [0.4, 0.5) is 0 Å². The maximum absolute atomic E-state index is 9.74. The van der Waals surface area contributed by atoms with Crippen molar-refractivity contribution in [2.75, 3.05) is 7.11 Å². The number of methoxy groups -OCH3 is 1. The minimum atomic E-state index is 0.132. The number of halogens is 1. The smallest absolute Gasteiger partial charge is 0.160 e. The van der Waals surface area contributed by atoms with Gasteiger partial charge in [-0.05, 0) is 36.2 Å². The van der Waals surface area contributed by atoms with Crippen LogP contribution >= 0.6 is 11.6 Å². The SMILES string of the molecule is COc1ccc(CN[C@@H](C)c2ccccc2Cl)cc1O. The summed E-state index contributed by atoms with van der Waals surface area (Å²) in [5, 5.41) is 13.9. The largest absolute Gasteiger partial charge is 0.504 e. The molecule has 0 unspecified atom stereocenters. The van der Waals surface area contributed by atoms with Crippen molar-refractivity contribution < 1.29 is 9.84 Å².